The highest BCUT2D eigenvalue weighted by atomic mass is 31.2. The van der Waals surface area contributed by atoms with Gasteiger partial charge < -0.3 is 20.1 Å². The lowest BCUT2D eigenvalue weighted by molar-refractivity contribution is -0.154. The van der Waals surface area contributed by atoms with Gasteiger partial charge in [0.2, 0.25) is 0 Å². The summed E-state index contributed by atoms with van der Waals surface area (Å²) in [5.41, 5.74) is 5.37. The van der Waals surface area contributed by atoms with Crippen LogP contribution in [0.2, 0.25) is 0 Å². The van der Waals surface area contributed by atoms with Crippen LogP contribution in [-0.2, 0) is 27.9 Å². The zero-order valence-corrected chi connectivity index (χ0v) is 35.4. The van der Waals surface area contributed by atoms with Crippen LogP contribution in [0.1, 0.15) is 200 Å². The lowest BCUT2D eigenvalue weighted by Crippen LogP contribution is -2.28. The third-order valence-electron chi connectivity index (χ3n) is 9.28. The summed E-state index contributed by atoms with van der Waals surface area (Å²) in [7, 11) is -4.28. The first-order valence-electron chi connectivity index (χ1n) is 22.0. The number of hydrogen-bond acceptors (Lipinski definition) is 7. The van der Waals surface area contributed by atoms with Crippen molar-refractivity contribution in [1.29, 1.82) is 0 Å². The Morgan fingerprint density at radius 2 is 1.00 bits per heavy atom. The topological polar surface area (TPSA) is 117 Å². The van der Waals surface area contributed by atoms with E-state index in [9.17, 15) is 14.3 Å². The van der Waals surface area contributed by atoms with E-state index in [0.717, 1.165) is 57.8 Å². The van der Waals surface area contributed by atoms with E-state index in [1.165, 1.54) is 122 Å². The van der Waals surface area contributed by atoms with Gasteiger partial charge in [-0.25, -0.2) is 4.57 Å². The third-order valence-corrected chi connectivity index (χ3v) is 10.3. The quantitative estimate of drug-likeness (QED) is 0.0273. The lowest BCUT2D eigenvalue weighted by atomic mass is 10.1. The Morgan fingerprint density at radius 1 is 0.566 bits per heavy atom. The minimum absolute atomic E-state index is 0.0972. The van der Waals surface area contributed by atoms with Gasteiger partial charge in [-0.15, -0.1) is 0 Å². The number of carbonyl (C=O) groups excluding carboxylic acids is 1. The average molecular weight is 770 g/mol. The molecule has 0 fully saturated rings. The number of rotatable bonds is 42. The Kier molecular flexibility index (Phi) is 40.9. The van der Waals surface area contributed by atoms with Crippen LogP contribution in [-0.4, -0.2) is 49.9 Å². The molecule has 0 aromatic carbocycles. The van der Waals surface area contributed by atoms with Gasteiger partial charge in [-0.3, -0.25) is 13.8 Å². The molecule has 3 N–H and O–H groups in total. The molecular formula is C44H84NO7P. The van der Waals surface area contributed by atoms with Crippen LogP contribution < -0.4 is 5.73 Å². The number of hydrogen-bond donors (Lipinski definition) is 2. The minimum Gasteiger partial charge on any atom is -0.457 e. The van der Waals surface area contributed by atoms with Gasteiger partial charge in [0, 0.05) is 19.6 Å². The molecule has 0 amide bonds. The Bertz CT molecular complexity index is 910. The van der Waals surface area contributed by atoms with Crippen molar-refractivity contribution in [1.82, 2.24) is 0 Å². The molecule has 8 nitrogen and oxygen atoms in total. The Morgan fingerprint density at radius 3 is 1.53 bits per heavy atom. The number of phosphoric ester groups is 1. The van der Waals surface area contributed by atoms with Crippen molar-refractivity contribution >= 4 is 13.8 Å². The van der Waals surface area contributed by atoms with E-state index in [1.807, 2.05) is 0 Å². The molecule has 0 aliphatic carbocycles. The van der Waals surface area contributed by atoms with E-state index >= 15 is 0 Å². The molecule has 0 spiro atoms. The Balaban J connectivity index is 4.03. The van der Waals surface area contributed by atoms with Gasteiger partial charge in [0.15, 0.2) is 0 Å². The molecular weight excluding hydrogens is 685 g/mol. The molecule has 0 radical (unpaired) electrons. The molecule has 0 heterocycles. The molecule has 0 aromatic heterocycles. The second kappa shape index (κ2) is 41.9. The Labute approximate surface area is 327 Å². The predicted octanol–water partition coefficient (Wildman–Crippen LogP) is 13.0. The van der Waals surface area contributed by atoms with Crippen LogP contribution in [0.5, 0.6) is 0 Å². The predicted molar refractivity (Wildman–Crippen MR) is 224 cm³/mol. The number of unbranched alkanes of at least 4 members (excludes halogenated alkanes) is 23. The first-order valence-corrected chi connectivity index (χ1v) is 23.5. The van der Waals surface area contributed by atoms with Gasteiger partial charge in [-0.1, -0.05) is 159 Å². The molecule has 0 aliphatic heterocycles. The van der Waals surface area contributed by atoms with Crippen molar-refractivity contribution in [3.8, 4) is 0 Å². The minimum atomic E-state index is -4.28. The number of carbonyl (C=O) groups is 1. The fourth-order valence-electron chi connectivity index (χ4n) is 6.02. The van der Waals surface area contributed by atoms with Crippen molar-refractivity contribution < 1.29 is 32.8 Å². The molecule has 0 aliphatic rings. The first-order chi connectivity index (χ1) is 25.9. The molecule has 312 valence electrons. The molecule has 0 saturated heterocycles. The van der Waals surface area contributed by atoms with E-state index in [-0.39, 0.29) is 32.3 Å². The lowest BCUT2D eigenvalue weighted by Gasteiger charge is -2.20. The molecule has 2 atom stereocenters. The van der Waals surface area contributed by atoms with Crippen molar-refractivity contribution in [2.45, 2.75) is 206 Å². The molecule has 9 heteroatoms. The summed E-state index contributed by atoms with van der Waals surface area (Å²) in [5, 5.41) is 0. The number of ether oxygens (including phenoxy) is 2. The second-order valence-electron chi connectivity index (χ2n) is 14.6. The molecule has 53 heavy (non-hydrogen) atoms. The number of nitrogens with two attached hydrogens (primary N) is 1. The van der Waals surface area contributed by atoms with E-state index in [1.54, 1.807) is 0 Å². The van der Waals surface area contributed by atoms with Crippen LogP contribution in [0.15, 0.2) is 36.5 Å². The number of esters is 1. The van der Waals surface area contributed by atoms with Gasteiger partial charge in [-0.2, -0.15) is 0 Å². The summed E-state index contributed by atoms with van der Waals surface area (Å²) in [5.74, 6) is -0.344. The maximum Gasteiger partial charge on any atom is 0.472 e. The summed E-state index contributed by atoms with van der Waals surface area (Å²) in [6, 6.07) is 0. The maximum atomic E-state index is 12.6. The van der Waals surface area contributed by atoms with Gasteiger partial charge in [0.25, 0.3) is 0 Å². The highest BCUT2D eigenvalue weighted by molar-refractivity contribution is 7.47. The third kappa shape index (κ3) is 41.7. The summed E-state index contributed by atoms with van der Waals surface area (Å²) < 4.78 is 33.4. The summed E-state index contributed by atoms with van der Waals surface area (Å²) in [4.78, 5) is 22.5. The van der Waals surface area contributed by atoms with Gasteiger partial charge in [-0.05, 0) is 70.6 Å². The van der Waals surface area contributed by atoms with Crippen LogP contribution in [0, 0.1) is 0 Å². The monoisotopic (exact) mass is 770 g/mol. The van der Waals surface area contributed by atoms with Crippen LogP contribution in [0.3, 0.4) is 0 Å². The highest BCUT2D eigenvalue weighted by Gasteiger charge is 2.25. The van der Waals surface area contributed by atoms with Crippen LogP contribution in [0.4, 0.5) is 0 Å². The van der Waals surface area contributed by atoms with Crippen molar-refractivity contribution in [3.63, 3.8) is 0 Å². The smallest absolute Gasteiger partial charge is 0.457 e. The summed E-state index contributed by atoms with van der Waals surface area (Å²) >= 11 is 0. The SMILES string of the molecule is CCCCC/C=C\C/C=C\CCCCCCCC(=O)OC(COCCCCCCCCCC/C=C\CCCCCCCCC)COP(=O)(O)OCCN. The van der Waals surface area contributed by atoms with Crippen molar-refractivity contribution in [3.05, 3.63) is 36.5 Å². The van der Waals surface area contributed by atoms with Gasteiger partial charge in [0.1, 0.15) is 6.10 Å². The fourth-order valence-corrected chi connectivity index (χ4v) is 6.79. The maximum absolute atomic E-state index is 12.6. The summed E-state index contributed by atoms with van der Waals surface area (Å²) in [6.07, 6.45) is 47.3. The largest absolute Gasteiger partial charge is 0.472 e. The first kappa shape index (κ1) is 51.7. The van der Waals surface area contributed by atoms with Crippen molar-refractivity contribution in [2.24, 2.45) is 5.73 Å². The van der Waals surface area contributed by atoms with E-state index in [4.69, 9.17) is 24.3 Å². The number of phosphoric acid groups is 1. The fraction of sp³-hybridized carbons (Fsp3) is 0.841. The molecule has 0 saturated carbocycles. The zero-order valence-electron chi connectivity index (χ0n) is 34.5. The van der Waals surface area contributed by atoms with E-state index < -0.39 is 13.9 Å². The number of allylic oxidation sites excluding steroid dienone is 6. The van der Waals surface area contributed by atoms with Crippen molar-refractivity contribution in [2.75, 3.05) is 33.0 Å². The Hall–Kier alpha value is -1.28. The van der Waals surface area contributed by atoms with Crippen LogP contribution in [0.25, 0.3) is 0 Å². The molecule has 0 aromatic rings. The average Bonchev–Trinajstić information content (AvgIpc) is 3.15. The molecule has 2 unspecified atom stereocenters. The second-order valence-corrected chi connectivity index (χ2v) is 16.0. The highest BCUT2D eigenvalue weighted by Crippen LogP contribution is 2.43. The molecule has 0 rings (SSSR count). The van der Waals surface area contributed by atoms with Gasteiger partial charge in [0.05, 0.1) is 19.8 Å². The van der Waals surface area contributed by atoms with E-state index in [2.05, 4.69) is 50.3 Å². The van der Waals surface area contributed by atoms with Gasteiger partial charge >= 0.3 is 13.8 Å². The van der Waals surface area contributed by atoms with E-state index in [0.29, 0.717) is 13.0 Å². The normalized spacial score (nSPS) is 13.8. The van der Waals surface area contributed by atoms with Crippen LogP contribution >= 0.6 is 7.82 Å². The zero-order chi connectivity index (χ0) is 38.8. The molecule has 0 bridgehead atoms. The standard InChI is InChI=1S/C44H84NO7P/c1-3-5-7-9-11-13-15-17-19-20-21-22-24-26-28-30-32-34-36-39-49-41-43(42-51-53(47,48)50-40-38-45)52-44(46)37-35-33-31-29-27-25-23-18-16-14-12-10-8-6-4-2/h12,14,18-20,23,43H,3-11,13,15-17,21-22,24-42,45H2,1-2H3,(H,47,48)/b14-12-,20-19-,23-18-. The summed E-state index contributed by atoms with van der Waals surface area (Å²) in [6.45, 7) is 4.88.